The van der Waals surface area contributed by atoms with Crippen molar-refractivity contribution in [1.29, 1.82) is 0 Å². The van der Waals surface area contributed by atoms with Crippen molar-refractivity contribution in [3.8, 4) is 0 Å². The average molecular weight is 336 g/mol. The molecule has 0 spiro atoms. The number of carbonyl (C=O) groups is 3. The van der Waals surface area contributed by atoms with Crippen LogP contribution in [0, 0.1) is 11.8 Å². The Bertz CT molecular complexity index is 608. The quantitative estimate of drug-likeness (QED) is 0.856. The summed E-state index contributed by atoms with van der Waals surface area (Å²) >= 11 is 5.73. The van der Waals surface area contributed by atoms with Crippen LogP contribution in [0.15, 0.2) is 18.3 Å². The molecule has 2 atom stereocenters. The summed E-state index contributed by atoms with van der Waals surface area (Å²) in [6.07, 6.45) is 5.07. The van der Waals surface area contributed by atoms with Gasteiger partial charge in [0.05, 0.1) is 16.9 Å². The minimum Gasteiger partial charge on any atom is -0.311 e. The van der Waals surface area contributed by atoms with Crippen LogP contribution in [0.5, 0.6) is 0 Å². The zero-order valence-electron chi connectivity index (χ0n) is 12.6. The number of halogens is 1. The fraction of sp³-hybridized carbons (Fsp3) is 0.500. The molecule has 2 unspecified atom stereocenters. The molecule has 0 bridgehead atoms. The Balaban J connectivity index is 1.55. The van der Waals surface area contributed by atoms with Crippen LogP contribution >= 0.6 is 11.6 Å². The highest BCUT2D eigenvalue weighted by Crippen LogP contribution is 2.37. The van der Waals surface area contributed by atoms with Gasteiger partial charge in [-0.1, -0.05) is 24.4 Å². The van der Waals surface area contributed by atoms with Gasteiger partial charge in [0, 0.05) is 19.2 Å². The number of hydrogen-bond acceptors (Lipinski definition) is 4. The molecule has 1 saturated heterocycles. The van der Waals surface area contributed by atoms with Gasteiger partial charge in [-0.05, 0) is 25.0 Å². The summed E-state index contributed by atoms with van der Waals surface area (Å²) in [7, 11) is 0. The van der Waals surface area contributed by atoms with Gasteiger partial charge in [-0.15, -0.1) is 0 Å². The largest absolute Gasteiger partial charge is 0.311 e. The van der Waals surface area contributed by atoms with Gasteiger partial charge in [0.2, 0.25) is 17.7 Å². The molecule has 2 aliphatic rings. The molecule has 1 aliphatic heterocycles. The van der Waals surface area contributed by atoms with E-state index >= 15 is 0 Å². The molecule has 1 N–H and O–H groups in total. The monoisotopic (exact) mass is 335 g/mol. The zero-order valence-corrected chi connectivity index (χ0v) is 13.4. The van der Waals surface area contributed by atoms with Crippen molar-refractivity contribution >= 4 is 35.1 Å². The fourth-order valence-electron chi connectivity index (χ4n) is 3.32. The van der Waals surface area contributed by atoms with Crippen LogP contribution in [0.3, 0.4) is 0 Å². The number of carbonyl (C=O) groups excluding carboxylic acids is 3. The number of nitrogens with zero attached hydrogens (tertiary/aromatic N) is 2. The Morgan fingerprint density at radius 2 is 1.87 bits per heavy atom. The van der Waals surface area contributed by atoms with Gasteiger partial charge in [0.1, 0.15) is 5.82 Å². The van der Waals surface area contributed by atoms with Crippen molar-refractivity contribution in [3.05, 3.63) is 23.4 Å². The summed E-state index contributed by atoms with van der Waals surface area (Å²) in [5.41, 5.74) is 0. The second-order valence-corrected chi connectivity index (χ2v) is 6.42. The Morgan fingerprint density at radius 3 is 2.43 bits per heavy atom. The van der Waals surface area contributed by atoms with Crippen LogP contribution in [-0.2, 0) is 14.4 Å². The van der Waals surface area contributed by atoms with Gasteiger partial charge >= 0.3 is 0 Å². The molecule has 1 aliphatic carbocycles. The third-order valence-corrected chi connectivity index (χ3v) is 4.71. The number of pyridine rings is 1. The predicted molar refractivity (Wildman–Crippen MR) is 84.7 cm³/mol. The van der Waals surface area contributed by atoms with Crippen LogP contribution < -0.4 is 5.32 Å². The van der Waals surface area contributed by atoms with E-state index in [1.807, 2.05) is 0 Å². The lowest BCUT2D eigenvalue weighted by atomic mass is 9.81. The normalized spacial score (nSPS) is 23.8. The Morgan fingerprint density at radius 1 is 1.22 bits per heavy atom. The predicted octanol–water partition coefficient (Wildman–Crippen LogP) is 2.24. The van der Waals surface area contributed by atoms with Crippen molar-refractivity contribution in [2.24, 2.45) is 11.8 Å². The minimum atomic E-state index is -0.282. The maximum absolute atomic E-state index is 12.3. The van der Waals surface area contributed by atoms with Gasteiger partial charge in [-0.3, -0.25) is 19.3 Å². The van der Waals surface area contributed by atoms with E-state index in [9.17, 15) is 14.4 Å². The summed E-state index contributed by atoms with van der Waals surface area (Å²) in [6.45, 7) is 0.129. The highest BCUT2D eigenvalue weighted by Gasteiger charge is 2.47. The number of fused-ring (bicyclic) bond motifs is 1. The topological polar surface area (TPSA) is 79.4 Å². The van der Waals surface area contributed by atoms with Gasteiger partial charge < -0.3 is 5.32 Å². The zero-order chi connectivity index (χ0) is 16.4. The molecule has 2 heterocycles. The van der Waals surface area contributed by atoms with E-state index in [4.69, 9.17) is 11.6 Å². The summed E-state index contributed by atoms with van der Waals surface area (Å²) in [5, 5.41) is 3.11. The van der Waals surface area contributed by atoms with E-state index in [1.165, 1.54) is 11.1 Å². The molecule has 0 aromatic carbocycles. The van der Waals surface area contributed by atoms with Crippen molar-refractivity contribution < 1.29 is 14.4 Å². The van der Waals surface area contributed by atoms with Gasteiger partial charge in [-0.2, -0.15) is 0 Å². The molecule has 1 saturated carbocycles. The standard InChI is InChI=1S/C16H18ClN3O3/c17-10-5-6-13(18-9-10)19-14(21)7-8-20-15(22)11-3-1-2-4-12(11)16(20)23/h5-6,9,11-12H,1-4,7-8H2,(H,18,19,21). The van der Waals surface area contributed by atoms with Crippen LogP contribution in [0.1, 0.15) is 32.1 Å². The molecule has 3 amide bonds. The third-order valence-electron chi connectivity index (χ3n) is 4.49. The highest BCUT2D eigenvalue weighted by molar-refractivity contribution is 6.30. The molecule has 7 heteroatoms. The van der Waals surface area contributed by atoms with E-state index in [0.29, 0.717) is 10.8 Å². The van der Waals surface area contributed by atoms with Gasteiger partial charge in [0.25, 0.3) is 0 Å². The van der Waals surface area contributed by atoms with Crippen molar-refractivity contribution in [3.63, 3.8) is 0 Å². The lowest BCUT2D eigenvalue weighted by molar-refractivity contribution is -0.140. The van der Waals surface area contributed by atoms with Crippen LogP contribution in [0.25, 0.3) is 0 Å². The maximum Gasteiger partial charge on any atom is 0.233 e. The molecule has 6 nitrogen and oxygen atoms in total. The molecule has 2 fully saturated rings. The second-order valence-electron chi connectivity index (χ2n) is 5.99. The maximum atomic E-state index is 12.3. The molecule has 1 aromatic rings. The van der Waals surface area contributed by atoms with Gasteiger partial charge in [-0.25, -0.2) is 4.98 Å². The third kappa shape index (κ3) is 3.37. The molecule has 3 rings (SSSR count). The molecule has 122 valence electrons. The molecule has 1 aromatic heterocycles. The molecular weight excluding hydrogens is 318 g/mol. The number of aromatic nitrogens is 1. The Kier molecular flexibility index (Phi) is 4.61. The van der Waals surface area contributed by atoms with E-state index in [2.05, 4.69) is 10.3 Å². The molecule has 23 heavy (non-hydrogen) atoms. The lowest BCUT2D eigenvalue weighted by Gasteiger charge is -2.19. The number of hydrogen-bond donors (Lipinski definition) is 1. The van der Waals surface area contributed by atoms with Crippen molar-refractivity contribution in [2.45, 2.75) is 32.1 Å². The summed E-state index contributed by atoms with van der Waals surface area (Å²) in [4.78, 5) is 41.8. The van der Waals surface area contributed by atoms with E-state index in [-0.39, 0.29) is 42.5 Å². The fourth-order valence-corrected chi connectivity index (χ4v) is 3.43. The smallest absolute Gasteiger partial charge is 0.233 e. The van der Waals surface area contributed by atoms with E-state index in [1.54, 1.807) is 12.1 Å². The number of rotatable bonds is 4. The van der Waals surface area contributed by atoms with Crippen LogP contribution in [-0.4, -0.2) is 34.2 Å². The van der Waals surface area contributed by atoms with Gasteiger partial charge in [0.15, 0.2) is 0 Å². The number of imide groups is 1. The highest BCUT2D eigenvalue weighted by atomic mass is 35.5. The van der Waals surface area contributed by atoms with Crippen molar-refractivity contribution in [2.75, 3.05) is 11.9 Å². The first-order valence-corrected chi connectivity index (χ1v) is 8.20. The lowest BCUT2D eigenvalue weighted by Crippen LogP contribution is -2.34. The first kappa shape index (κ1) is 15.9. The SMILES string of the molecule is O=C(CCN1C(=O)C2CCCCC2C1=O)Nc1ccc(Cl)cn1. The number of likely N-dealkylation sites (tertiary alicyclic amines) is 1. The summed E-state index contributed by atoms with van der Waals surface area (Å²) < 4.78 is 0. The Hall–Kier alpha value is -1.95. The Labute approximate surface area is 139 Å². The molecular formula is C16H18ClN3O3. The first-order chi connectivity index (χ1) is 11.1. The average Bonchev–Trinajstić information content (AvgIpc) is 2.80. The summed E-state index contributed by atoms with van der Waals surface area (Å²) in [5.74, 6) is -0.453. The number of amides is 3. The first-order valence-electron chi connectivity index (χ1n) is 7.83. The van der Waals surface area contributed by atoms with Crippen LogP contribution in [0.4, 0.5) is 5.82 Å². The van der Waals surface area contributed by atoms with Crippen molar-refractivity contribution in [1.82, 2.24) is 9.88 Å². The second kappa shape index (κ2) is 6.66. The minimum absolute atomic E-state index is 0.0707. The van der Waals surface area contributed by atoms with E-state index < -0.39 is 0 Å². The number of nitrogens with one attached hydrogen (secondary N) is 1. The number of anilines is 1. The van der Waals surface area contributed by atoms with E-state index in [0.717, 1.165) is 25.7 Å². The summed E-state index contributed by atoms with van der Waals surface area (Å²) in [6, 6.07) is 3.23. The van der Waals surface area contributed by atoms with Crippen LogP contribution in [0.2, 0.25) is 5.02 Å². The molecule has 0 radical (unpaired) electrons.